The number of hydrogen-bond donors (Lipinski definition) is 1. The number of benzene rings is 2. The Labute approximate surface area is 143 Å². The van der Waals surface area contributed by atoms with E-state index in [-0.39, 0.29) is 12.5 Å². The van der Waals surface area contributed by atoms with E-state index in [9.17, 15) is 4.79 Å². The van der Waals surface area contributed by atoms with Gasteiger partial charge in [0.05, 0.1) is 12.3 Å². The van der Waals surface area contributed by atoms with E-state index in [4.69, 9.17) is 9.47 Å². The maximum atomic E-state index is 12.2. The van der Waals surface area contributed by atoms with Gasteiger partial charge in [-0.1, -0.05) is 44.2 Å². The van der Waals surface area contributed by atoms with Gasteiger partial charge in [-0.25, -0.2) is 0 Å². The molecule has 0 aliphatic carbocycles. The van der Waals surface area contributed by atoms with Gasteiger partial charge in [0.1, 0.15) is 11.5 Å². The Hall–Kier alpha value is -2.49. The first-order valence-corrected chi connectivity index (χ1v) is 8.39. The number of carbonyl (C=O) groups is 1. The van der Waals surface area contributed by atoms with Gasteiger partial charge >= 0.3 is 0 Å². The first-order valence-electron chi connectivity index (χ1n) is 8.39. The maximum absolute atomic E-state index is 12.2. The number of para-hydroxylation sites is 3. The van der Waals surface area contributed by atoms with Crippen molar-refractivity contribution in [2.45, 2.75) is 33.1 Å². The number of carbonyl (C=O) groups excluding carboxylic acids is 1. The van der Waals surface area contributed by atoms with Crippen molar-refractivity contribution < 1.29 is 14.3 Å². The largest absolute Gasteiger partial charge is 0.492 e. The molecule has 4 heteroatoms. The third kappa shape index (κ3) is 4.75. The molecule has 2 aromatic carbocycles. The lowest BCUT2D eigenvalue weighted by atomic mass is 9.98. The Balaban J connectivity index is 2.00. The summed E-state index contributed by atoms with van der Waals surface area (Å²) >= 11 is 0. The molecule has 1 atom stereocenters. The average Bonchev–Trinajstić information content (AvgIpc) is 2.61. The van der Waals surface area contributed by atoms with Crippen LogP contribution in [0.25, 0.3) is 0 Å². The molecule has 4 nitrogen and oxygen atoms in total. The lowest BCUT2D eigenvalue weighted by Crippen LogP contribution is -2.21. The molecule has 0 fully saturated rings. The molecule has 2 aromatic rings. The quantitative estimate of drug-likeness (QED) is 0.770. The van der Waals surface area contributed by atoms with Gasteiger partial charge in [0.25, 0.3) is 5.91 Å². The molecule has 1 N–H and O–H groups in total. The SMILES string of the molecule is CCOc1ccccc1NC(=O)COc1ccccc1[C@H](C)CC. The molecule has 0 unspecified atom stereocenters. The first-order chi connectivity index (χ1) is 11.7. The van der Waals surface area contributed by atoms with Crippen molar-refractivity contribution >= 4 is 11.6 Å². The van der Waals surface area contributed by atoms with Crippen LogP contribution in [0.5, 0.6) is 11.5 Å². The van der Waals surface area contributed by atoms with Crippen LogP contribution in [0.4, 0.5) is 5.69 Å². The number of hydrogen-bond acceptors (Lipinski definition) is 3. The van der Waals surface area contributed by atoms with E-state index < -0.39 is 0 Å². The zero-order chi connectivity index (χ0) is 17.4. The monoisotopic (exact) mass is 327 g/mol. The van der Waals surface area contributed by atoms with Gasteiger partial charge in [-0.2, -0.15) is 0 Å². The van der Waals surface area contributed by atoms with Crippen LogP contribution in [-0.4, -0.2) is 19.1 Å². The third-order valence-corrected chi connectivity index (χ3v) is 3.88. The van der Waals surface area contributed by atoms with Crippen LogP contribution in [0.2, 0.25) is 0 Å². The molecule has 24 heavy (non-hydrogen) atoms. The number of nitrogens with one attached hydrogen (secondary N) is 1. The van der Waals surface area contributed by atoms with Crippen LogP contribution < -0.4 is 14.8 Å². The molecule has 0 heterocycles. The molecule has 0 saturated carbocycles. The van der Waals surface area contributed by atoms with Crippen LogP contribution in [0.3, 0.4) is 0 Å². The smallest absolute Gasteiger partial charge is 0.262 e. The predicted octanol–water partition coefficient (Wildman–Crippen LogP) is 4.62. The van der Waals surface area contributed by atoms with E-state index >= 15 is 0 Å². The summed E-state index contributed by atoms with van der Waals surface area (Å²) in [6.07, 6.45) is 1.02. The fourth-order valence-electron chi connectivity index (χ4n) is 2.42. The molecule has 0 bridgehead atoms. The molecular weight excluding hydrogens is 302 g/mol. The summed E-state index contributed by atoms with van der Waals surface area (Å²) < 4.78 is 11.3. The van der Waals surface area contributed by atoms with Crippen molar-refractivity contribution in [3.8, 4) is 11.5 Å². The van der Waals surface area contributed by atoms with Crippen LogP contribution in [0, 0.1) is 0 Å². The maximum Gasteiger partial charge on any atom is 0.262 e. The molecule has 0 spiro atoms. The fourth-order valence-corrected chi connectivity index (χ4v) is 2.42. The van der Waals surface area contributed by atoms with Crippen molar-refractivity contribution in [3.63, 3.8) is 0 Å². The van der Waals surface area contributed by atoms with Crippen molar-refractivity contribution in [2.24, 2.45) is 0 Å². The van der Waals surface area contributed by atoms with Crippen LogP contribution in [0.1, 0.15) is 38.7 Å². The van der Waals surface area contributed by atoms with Crippen LogP contribution in [0.15, 0.2) is 48.5 Å². The zero-order valence-electron chi connectivity index (χ0n) is 14.5. The summed E-state index contributed by atoms with van der Waals surface area (Å²) in [5, 5.41) is 2.84. The molecule has 0 aromatic heterocycles. The summed E-state index contributed by atoms with van der Waals surface area (Å²) in [6.45, 7) is 6.71. The van der Waals surface area contributed by atoms with Gasteiger partial charge in [-0.15, -0.1) is 0 Å². The highest BCUT2D eigenvalue weighted by Crippen LogP contribution is 2.28. The highest BCUT2D eigenvalue weighted by Gasteiger charge is 2.12. The topological polar surface area (TPSA) is 47.6 Å². The molecule has 0 saturated heterocycles. The summed E-state index contributed by atoms with van der Waals surface area (Å²) in [7, 11) is 0. The average molecular weight is 327 g/mol. The molecule has 2 rings (SSSR count). The van der Waals surface area contributed by atoms with E-state index in [1.165, 1.54) is 0 Å². The highest BCUT2D eigenvalue weighted by atomic mass is 16.5. The molecular formula is C20H25NO3. The minimum Gasteiger partial charge on any atom is -0.492 e. The Bertz CT molecular complexity index is 669. The number of anilines is 1. The normalized spacial score (nSPS) is 11.6. The van der Waals surface area contributed by atoms with Gasteiger partial charge in [-0.3, -0.25) is 4.79 Å². The van der Waals surface area contributed by atoms with E-state index in [1.807, 2.05) is 55.5 Å². The summed E-state index contributed by atoms with van der Waals surface area (Å²) in [5.41, 5.74) is 1.78. The van der Waals surface area contributed by atoms with E-state index in [0.717, 1.165) is 17.7 Å². The molecule has 1 amide bonds. The Morgan fingerprint density at radius 3 is 2.38 bits per heavy atom. The molecule has 128 valence electrons. The Morgan fingerprint density at radius 2 is 1.67 bits per heavy atom. The third-order valence-electron chi connectivity index (χ3n) is 3.88. The fraction of sp³-hybridized carbons (Fsp3) is 0.350. The van der Waals surface area contributed by atoms with Crippen molar-refractivity contribution in [3.05, 3.63) is 54.1 Å². The second-order valence-corrected chi connectivity index (χ2v) is 5.61. The van der Waals surface area contributed by atoms with Gasteiger partial charge < -0.3 is 14.8 Å². The lowest BCUT2D eigenvalue weighted by molar-refractivity contribution is -0.118. The minimum absolute atomic E-state index is 0.0338. The Kier molecular flexibility index (Phi) is 6.67. The van der Waals surface area contributed by atoms with Crippen molar-refractivity contribution in [1.29, 1.82) is 0 Å². The van der Waals surface area contributed by atoms with Crippen molar-refractivity contribution in [1.82, 2.24) is 0 Å². The number of ether oxygens (including phenoxy) is 2. The summed E-state index contributed by atoms with van der Waals surface area (Å²) in [6, 6.07) is 15.2. The number of rotatable bonds is 8. The summed E-state index contributed by atoms with van der Waals surface area (Å²) in [4.78, 5) is 12.2. The zero-order valence-corrected chi connectivity index (χ0v) is 14.5. The predicted molar refractivity (Wildman–Crippen MR) is 96.9 cm³/mol. The van der Waals surface area contributed by atoms with Crippen LogP contribution in [-0.2, 0) is 4.79 Å². The van der Waals surface area contributed by atoms with E-state index in [2.05, 4.69) is 19.2 Å². The number of amides is 1. The second kappa shape index (κ2) is 8.96. The molecule has 0 aliphatic heterocycles. The van der Waals surface area contributed by atoms with E-state index in [0.29, 0.717) is 24.0 Å². The standard InChI is InChI=1S/C20H25NO3/c1-4-15(3)16-10-6-8-12-18(16)24-14-20(22)21-17-11-7-9-13-19(17)23-5-2/h6-13,15H,4-5,14H2,1-3H3,(H,21,22)/t15-/m1/s1. The van der Waals surface area contributed by atoms with Gasteiger partial charge in [0, 0.05) is 0 Å². The Morgan fingerprint density at radius 1 is 1.00 bits per heavy atom. The second-order valence-electron chi connectivity index (χ2n) is 5.61. The highest BCUT2D eigenvalue weighted by molar-refractivity contribution is 5.93. The van der Waals surface area contributed by atoms with Crippen molar-refractivity contribution in [2.75, 3.05) is 18.5 Å². The lowest BCUT2D eigenvalue weighted by Gasteiger charge is -2.16. The van der Waals surface area contributed by atoms with Crippen LogP contribution >= 0.6 is 0 Å². The van der Waals surface area contributed by atoms with E-state index in [1.54, 1.807) is 0 Å². The first kappa shape index (κ1) is 17.9. The molecule has 0 radical (unpaired) electrons. The van der Waals surface area contributed by atoms with Gasteiger partial charge in [-0.05, 0) is 43.0 Å². The minimum atomic E-state index is -0.207. The molecule has 0 aliphatic rings. The van der Waals surface area contributed by atoms with Gasteiger partial charge in [0.15, 0.2) is 6.61 Å². The van der Waals surface area contributed by atoms with Gasteiger partial charge in [0.2, 0.25) is 0 Å². The summed E-state index contributed by atoms with van der Waals surface area (Å²) in [5.74, 6) is 1.61.